The Labute approximate surface area is 108 Å². The van der Waals surface area contributed by atoms with Crippen molar-refractivity contribution in [2.45, 2.75) is 39.3 Å². The van der Waals surface area contributed by atoms with E-state index in [0.29, 0.717) is 12.0 Å². The fourth-order valence-electron chi connectivity index (χ4n) is 2.01. The SMILES string of the molecule is CCC(NC(C(N)=O)C(C)C)c1ccccc1F. The Balaban J connectivity index is 2.91. The minimum atomic E-state index is -0.449. The van der Waals surface area contributed by atoms with Gasteiger partial charge in [0.2, 0.25) is 5.91 Å². The summed E-state index contributed by atoms with van der Waals surface area (Å²) in [4.78, 5) is 11.4. The van der Waals surface area contributed by atoms with Crippen molar-refractivity contribution in [3.63, 3.8) is 0 Å². The van der Waals surface area contributed by atoms with E-state index < -0.39 is 11.9 Å². The summed E-state index contributed by atoms with van der Waals surface area (Å²) in [5.74, 6) is -0.591. The Morgan fingerprint density at radius 1 is 1.39 bits per heavy atom. The van der Waals surface area contributed by atoms with Crippen LogP contribution in [0.15, 0.2) is 24.3 Å². The zero-order valence-corrected chi connectivity index (χ0v) is 11.1. The van der Waals surface area contributed by atoms with Gasteiger partial charge in [-0.1, -0.05) is 39.0 Å². The number of nitrogens with two attached hydrogens (primary N) is 1. The molecule has 18 heavy (non-hydrogen) atoms. The lowest BCUT2D eigenvalue weighted by Crippen LogP contribution is -2.46. The summed E-state index contributed by atoms with van der Waals surface area (Å²) in [6.07, 6.45) is 0.692. The van der Waals surface area contributed by atoms with E-state index in [9.17, 15) is 9.18 Å². The van der Waals surface area contributed by atoms with Gasteiger partial charge >= 0.3 is 0 Å². The Morgan fingerprint density at radius 2 is 2.00 bits per heavy atom. The molecule has 4 heteroatoms. The molecule has 0 aliphatic heterocycles. The first-order valence-corrected chi connectivity index (χ1v) is 6.27. The normalized spacial score (nSPS) is 14.5. The van der Waals surface area contributed by atoms with Gasteiger partial charge in [-0.15, -0.1) is 0 Å². The molecule has 0 fully saturated rings. The largest absolute Gasteiger partial charge is 0.368 e. The van der Waals surface area contributed by atoms with Gasteiger partial charge in [0.1, 0.15) is 5.82 Å². The van der Waals surface area contributed by atoms with Gasteiger partial charge in [0.05, 0.1) is 6.04 Å². The van der Waals surface area contributed by atoms with Crippen LogP contribution in [0.25, 0.3) is 0 Å². The van der Waals surface area contributed by atoms with E-state index >= 15 is 0 Å². The molecule has 1 rings (SSSR count). The maximum Gasteiger partial charge on any atom is 0.234 e. The van der Waals surface area contributed by atoms with Crippen molar-refractivity contribution in [2.24, 2.45) is 11.7 Å². The summed E-state index contributed by atoms with van der Waals surface area (Å²) in [5.41, 5.74) is 5.94. The first-order valence-electron chi connectivity index (χ1n) is 6.27. The van der Waals surface area contributed by atoms with Crippen molar-refractivity contribution in [1.29, 1.82) is 0 Å². The zero-order valence-electron chi connectivity index (χ0n) is 11.1. The molecule has 1 aromatic carbocycles. The molecular formula is C14H21FN2O. The molecule has 0 aliphatic rings. The second-order valence-electron chi connectivity index (χ2n) is 4.77. The Bertz CT molecular complexity index is 407. The van der Waals surface area contributed by atoms with Crippen molar-refractivity contribution >= 4 is 5.91 Å². The quantitative estimate of drug-likeness (QED) is 0.816. The number of rotatable bonds is 6. The van der Waals surface area contributed by atoms with Gasteiger partial charge in [-0.2, -0.15) is 0 Å². The maximum atomic E-state index is 13.7. The molecule has 2 atom stereocenters. The number of amides is 1. The summed E-state index contributed by atoms with van der Waals surface area (Å²) in [6.45, 7) is 5.77. The molecule has 0 aliphatic carbocycles. The first-order chi connectivity index (χ1) is 8.47. The number of halogens is 1. The summed E-state index contributed by atoms with van der Waals surface area (Å²) in [5, 5.41) is 3.15. The lowest BCUT2D eigenvalue weighted by atomic mass is 9.98. The molecule has 1 amide bonds. The van der Waals surface area contributed by atoms with Crippen LogP contribution < -0.4 is 11.1 Å². The second-order valence-corrected chi connectivity index (χ2v) is 4.77. The molecule has 0 aromatic heterocycles. The van der Waals surface area contributed by atoms with Gasteiger partial charge in [0.15, 0.2) is 0 Å². The molecule has 0 radical (unpaired) electrons. The second kappa shape index (κ2) is 6.50. The Kier molecular flexibility index (Phi) is 5.28. The summed E-state index contributed by atoms with van der Waals surface area (Å²) < 4.78 is 13.7. The van der Waals surface area contributed by atoms with Crippen LogP contribution in [0.1, 0.15) is 38.8 Å². The van der Waals surface area contributed by atoms with Crippen molar-refractivity contribution in [1.82, 2.24) is 5.32 Å². The van der Waals surface area contributed by atoms with Crippen LogP contribution in [-0.4, -0.2) is 11.9 Å². The molecule has 0 spiro atoms. The van der Waals surface area contributed by atoms with Crippen LogP contribution in [0.2, 0.25) is 0 Å². The van der Waals surface area contributed by atoms with E-state index in [1.165, 1.54) is 6.07 Å². The Hall–Kier alpha value is -1.42. The molecule has 100 valence electrons. The van der Waals surface area contributed by atoms with E-state index in [1.54, 1.807) is 18.2 Å². The predicted octanol–water partition coefficient (Wildman–Crippen LogP) is 2.38. The van der Waals surface area contributed by atoms with Crippen molar-refractivity contribution in [3.05, 3.63) is 35.6 Å². The Morgan fingerprint density at radius 3 is 2.44 bits per heavy atom. The molecular weight excluding hydrogens is 231 g/mol. The van der Waals surface area contributed by atoms with E-state index in [2.05, 4.69) is 5.32 Å². The third kappa shape index (κ3) is 3.53. The number of hydrogen-bond donors (Lipinski definition) is 2. The number of carbonyl (C=O) groups excluding carboxylic acids is 1. The number of benzene rings is 1. The maximum absolute atomic E-state index is 13.7. The smallest absolute Gasteiger partial charge is 0.234 e. The van der Waals surface area contributed by atoms with Gasteiger partial charge in [-0.05, 0) is 18.4 Å². The van der Waals surface area contributed by atoms with E-state index in [4.69, 9.17) is 5.73 Å². The molecule has 3 N–H and O–H groups in total. The monoisotopic (exact) mass is 252 g/mol. The van der Waals surface area contributed by atoms with Gasteiger partial charge in [-0.25, -0.2) is 4.39 Å². The van der Waals surface area contributed by atoms with Crippen LogP contribution in [0, 0.1) is 11.7 Å². The van der Waals surface area contributed by atoms with Crippen molar-refractivity contribution in [2.75, 3.05) is 0 Å². The standard InChI is InChI=1S/C14H21FN2O/c1-4-12(10-7-5-6-8-11(10)15)17-13(9(2)3)14(16)18/h5-9,12-13,17H,4H2,1-3H3,(H2,16,18). The average Bonchev–Trinajstić information content (AvgIpc) is 2.31. The zero-order chi connectivity index (χ0) is 13.7. The molecule has 0 saturated carbocycles. The highest BCUT2D eigenvalue weighted by atomic mass is 19.1. The minimum Gasteiger partial charge on any atom is -0.368 e. The highest BCUT2D eigenvalue weighted by molar-refractivity contribution is 5.80. The number of nitrogens with one attached hydrogen (secondary N) is 1. The number of carbonyl (C=O) groups is 1. The molecule has 0 saturated heterocycles. The fourth-order valence-corrected chi connectivity index (χ4v) is 2.01. The van der Waals surface area contributed by atoms with Crippen molar-refractivity contribution in [3.8, 4) is 0 Å². The van der Waals surface area contributed by atoms with E-state index in [-0.39, 0.29) is 17.8 Å². The molecule has 2 unspecified atom stereocenters. The summed E-state index contributed by atoms with van der Waals surface area (Å²) in [7, 11) is 0. The van der Waals surface area contributed by atoms with Gasteiger partial charge < -0.3 is 5.73 Å². The molecule has 0 heterocycles. The van der Waals surface area contributed by atoms with E-state index in [0.717, 1.165) is 0 Å². The fraction of sp³-hybridized carbons (Fsp3) is 0.500. The third-order valence-electron chi connectivity index (χ3n) is 3.04. The third-order valence-corrected chi connectivity index (χ3v) is 3.04. The lowest BCUT2D eigenvalue weighted by Gasteiger charge is -2.26. The van der Waals surface area contributed by atoms with Crippen molar-refractivity contribution < 1.29 is 9.18 Å². The van der Waals surface area contributed by atoms with Crippen LogP contribution >= 0.6 is 0 Å². The molecule has 1 aromatic rings. The highest BCUT2D eigenvalue weighted by Gasteiger charge is 2.24. The highest BCUT2D eigenvalue weighted by Crippen LogP contribution is 2.21. The van der Waals surface area contributed by atoms with Gasteiger partial charge in [-0.3, -0.25) is 10.1 Å². The molecule has 3 nitrogen and oxygen atoms in total. The van der Waals surface area contributed by atoms with Crippen LogP contribution in [-0.2, 0) is 4.79 Å². The topological polar surface area (TPSA) is 55.1 Å². The van der Waals surface area contributed by atoms with Gasteiger partial charge in [0.25, 0.3) is 0 Å². The summed E-state index contributed by atoms with van der Waals surface area (Å²) in [6, 6.07) is 5.95. The average molecular weight is 252 g/mol. The van der Waals surface area contributed by atoms with Crippen LogP contribution in [0.4, 0.5) is 4.39 Å². The molecule has 0 bridgehead atoms. The lowest BCUT2D eigenvalue weighted by molar-refractivity contribution is -0.121. The van der Waals surface area contributed by atoms with Crippen LogP contribution in [0.3, 0.4) is 0 Å². The van der Waals surface area contributed by atoms with Gasteiger partial charge in [0, 0.05) is 11.6 Å². The van der Waals surface area contributed by atoms with E-state index in [1.807, 2.05) is 20.8 Å². The van der Waals surface area contributed by atoms with Crippen LogP contribution in [0.5, 0.6) is 0 Å². The minimum absolute atomic E-state index is 0.0725. The number of primary amides is 1. The predicted molar refractivity (Wildman–Crippen MR) is 70.4 cm³/mol. The summed E-state index contributed by atoms with van der Waals surface area (Å²) >= 11 is 0. The first kappa shape index (κ1) is 14.6. The number of hydrogen-bond acceptors (Lipinski definition) is 2.